The molecule has 1 aromatic carbocycles. The number of carbonyl (C=O) groups excluding carboxylic acids is 1. The third-order valence-corrected chi connectivity index (χ3v) is 1.63. The highest BCUT2D eigenvalue weighted by Crippen LogP contribution is 2.16. The van der Waals surface area contributed by atoms with Crippen LogP contribution in [0.15, 0.2) is 18.2 Å². The Morgan fingerprint density at radius 2 is 2.25 bits per heavy atom. The molecule has 0 saturated carbocycles. The van der Waals surface area contributed by atoms with E-state index in [4.69, 9.17) is 11.6 Å². The van der Waals surface area contributed by atoms with Gasteiger partial charge in [0.2, 0.25) is 0 Å². The van der Waals surface area contributed by atoms with Crippen molar-refractivity contribution in [3.8, 4) is 0 Å². The fraction of sp³-hybridized carbons (Fsp3) is 0.125. The molecule has 0 heterocycles. The van der Waals surface area contributed by atoms with E-state index in [0.29, 0.717) is 0 Å². The number of rotatable bonds is 1. The first-order valence-electron chi connectivity index (χ1n) is 3.18. The van der Waals surface area contributed by atoms with Crippen LogP contribution in [0.1, 0.15) is 10.4 Å². The first-order valence-corrected chi connectivity index (χ1v) is 3.56. The molecule has 4 heteroatoms. The molecule has 1 aromatic rings. The third kappa shape index (κ3) is 1.74. The molecule has 0 bridgehead atoms. The van der Waals surface area contributed by atoms with Crippen molar-refractivity contribution in [1.82, 2.24) is 0 Å². The fourth-order valence-corrected chi connectivity index (χ4v) is 0.921. The normalized spacial score (nSPS) is 9.58. The number of hydrogen-bond donors (Lipinski definition) is 0. The van der Waals surface area contributed by atoms with Gasteiger partial charge in [0, 0.05) is 0 Å². The minimum Gasteiger partial charge on any atom is -0.465 e. The van der Waals surface area contributed by atoms with E-state index < -0.39 is 11.8 Å². The Bertz CT molecular complexity index is 312. The molecule has 0 aliphatic heterocycles. The van der Waals surface area contributed by atoms with Crippen LogP contribution < -0.4 is 0 Å². The molecule has 0 aromatic heterocycles. The van der Waals surface area contributed by atoms with E-state index in [-0.39, 0.29) is 10.6 Å². The Morgan fingerprint density at radius 3 is 2.75 bits per heavy atom. The molecule has 0 aliphatic rings. The summed E-state index contributed by atoms with van der Waals surface area (Å²) in [6.45, 7) is 0. The average Bonchev–Trinajstić information content (AvgIpc) is 2.08. The zero-order valence-electron chi connectivity index (χ0n) is 6.30. The minimum atomic E-state index is -0.552. The molecule has 2 nitrogen and oxygen atoms in total. The summed E-state index contributed by atoms with van der Waals surface area (Å²) in [6, 6.07) is 3.66. The number of halogens is 2. The van der Waals surface area contributed by atoms with Crippen molar-refractivity contribution in [1.29, 1.82) is 0 Å². The topological polar surface area (TPSA) is 26.3 Å². The molecule has 0 atom stereocenters. The summed E-state index contributed by atoms with van der Waals surface area (Å²) in [4.78, 5) is 10.9. The summed E-state index contributed by atoms with van der Waals surface area (Å²) in [5.74, 6) is -1.08. The summed E-state index contributed by atoms with van der Waals surface area (Å²) in [5.41, 5.74) is 0.240. The molecule has 0 saturated heterocycles. The van der Waals surface area contributed by atoms with Gasteiger partial charge in [-0.05, 0) is 18.2 Å². The predicted molar refractivity (Wildman–Crippen MR) is 42.7 cm³/mol. The van der Waals surface area contributed by atoms with Gasteiger partial charge in [0.25, 0.3) is 0 Å². The minimum absolute atomic E-state index is 0.0853. The largest absolute Gasteiger partial charge is 0.465 e. The molecular formula is C8H6ClFO2. The first-order chi connectivity index (χ1) is 5.65. The van der Waals surface area contributed by atoms with Gasteiger partial charge >= 0.3 is 5.97 Å². The number of benzene rings is 1. The highest BCUT2D eigenvalue weighted by atomic mass is 35.5. The van der Waals surface area contributed by atoms with Gasteiger partial charge in [0.15, 0.2) is 0 Å². The second-order valence-corrected chi connectivity index (χ2v) is 2.53. The molecule has 0 amide bonds. The van der Waals surface area contributed by atoms with Gasteiger partial charge in [0.1, 0.15) is 5.82 Å². The number of methoxy groups -OCH3 is 1. The lowest BCUT2D eigenvalue weighted by atomic mass is 10.2. The van der Waals surface area contributed by atoms with E-state index in [1.165, 1.54) is 19.2 Å². The zero-order valence-corrected chi connectivity index (χ0v) is 7.06. The van der Waals surface area contributed by atoms with Crippen LogP contribution in [0.5, 0.6) is 0 Å². The Labute approximate surface area is 73.9 Å². The van der Waals surface area contributed by atoms with Crippen molar-refractivity contribution in [3.05, 3.63) is 34.6 Å². The lowest BCUT2D eigenvalue weighted by molar-refractivity contribution is 0.0600. The molecule has 1 rings (SSSR count). The van der Waals surface area contributed by atoms with Crippen LogP contribution in [-0.2, 0) is 4.74 Å². The lowest BCUT2D eigenvalue weighted by Gasteiger charge is -1.99. The lowest BCUT2D eigenvalue weighted by Crippen LogP contribution is -2.00. The van der Waals surface area contributed by atoms with Crippen LogP contribution in [0.3, 0.4) is 0 Å². The maximum absolute atomic E-state index is 12.6. The van der Waals surface area contributed by atoms with Crippen LogP contribution in [0, 0.1) is 5.82 Å². The summed E-state index contributed by atoms with van der Waals surface area (Å²) in [6.07, 6.45) is 0. The summed E-state index contributed by atoms with van der Waals surface area (Å²) in [7, 11) is 1.25. The molecule has 12 heavy (non-hydrogen) atoms. The molecule has 0 radical (unpaired) electrons. The van der Waals surface area contributed by atoms with Crippen LogP contribution in [-0.4, -0.2) is 13.1 Å². The van der Waals surface area contributed by atoms with E-state index in [2.05, 4.69) is 4.74 Å². The van der Waals surface area contributed by atoms with E-state index in [0.717, 1.165) is 6.07 Å². The fourth-order valence-electron chi connectivity index (χ4n) is 0.741. The van der Waals surface area contributed by atoms with Crippen LogP contribution in [0.25, 0.3) is 0 Å². The van der Waals surface area contributed by atoms with E-state index in [9.17, 15) is 9.18 Å². The summed E-state index contributed by atoms with van der Waals surface area (Å²) >= 11 is 5.43. The molecule has 0 aliphatic carbocycles. The summed E-state index contributed by atoms with van der Waals surface area (Å²) in [5, 5.41) is -0.0853. The average molecular weight is 189 g/mol. The van der Waals surface area contributed by atoms with Crippen LogP contribution >= 0.6 is 11.6 Å². The van der Waals surface area contributed by atoms with Crippen molar-refractivity contribution < 1.29 is 13.9 Å². The molecule has 0 fully saturated rings. The van der Waals surface area contributed by atoms with Crippen LogP contribution in [0.2, 0.25) is 5.02 Å². The molecule has 64 valence electrons. The zero-order chi connectivity index (χ0) is 9.14. The second kappa shape index (κ2) is 3.54. The van der Waals surface area contributed by atoms with Gasteiger partial charge in [0.05, 0.1) is 17.7 Å². The van der Waals surface area contributed by atoms with Gasteiger partial charge < -0.3 is 4.74 Å². The van der Waals surface area contributed by atoms with Crippen molar-refractivity contribution in [2.45, 2.75) is 0 Å². The number of ether oxygens (including phenoxy) is 1. The highest BCUT2D eigenvalue weighted by Gasteiger charge is 2.07. The Balaban J connectivity index is 3.05. The third-order valence-electron chi connectivity index (χ3n) is 1.34. The van der Waals surface area contributed by atoms with Crippen molar-refractivity contribution >= 4 is 17.6 Å². The highest BCUT2D eigenvalue weighted by molar-refractivity contribution is 6.31. The SMILES string of the molecule is COC(=O)c1ccc(F)c(Cl)c1. The molecular weight excluding hydrogens is 183 g/mol. The van der Waals surface area contributed by atoms with E-state index in [1.54, 1.807) is 0 Å². The van der Waals surface area contributed by atoms with Gasteiger partial charge in [-0.3, -0.25) is 0 Å². The molecule has 0 spiro atoms. The van der Waals surface area contributed by atoms with Crippen molar-refractivity contribution in [2.24, 2.45) is 0 Å². The number of carbonyl (C=O) groups is 1. The van der Waals surface area contributed by atoms with E-state index >= 15 is 0 Å². The maximum atomic E-state index is 12.6. The number of hydrogen-bond acceptors (Lipinski definition) is 2. The van der Waals surface area contributed by atoms with Crippen molar-refractivity contribution in [3.63, 3.8) is 0 Å². The standard InChI is InChI=1S/C8H6ClFO2/c1-12-8(11)5-2-3-7(10)6(9)4-5/h2-4H,1H3. The van der Waals surface area contributed by atoms with Gasteiger partial charge in [-0.15, -0.1) is 0 Å². The Hall–Kier alpha value is -1.09. The first kappa shape index (κ1) is 9.00. The Morgan fingerprint density at radius 1 is 1.58 bits per heavy atom. The van der Waals surface area contributed by atoms with Gasteiger partial charge in [-0.25, -0.2) is 9.18 Å². The second-order valence-electron chi connectivity index (χ2n) is 2.12. The predicted octanol–water partition coefficient (Wildman–Crippen LogP) is 2.27. The van der Waals surface area contributed by atoms with Gasteiger partial charge in [-0.2, -0.15) is 0 Å². The van der Waals surface area contributed by atoms with Crippen LogP contribution in [0.4, 0.5) is 4.39 Å². The van der Waals surface area contributed by atoms with Crippen molar-refractivity contribution in [2.75, 3.05) is 7.11 Å². The summed E-state index contributed by atoms with van der Waals surface area (Å²) < 4.78 is 17.0. The van der Waals surface area contributed by atoms with E-state index in [1.807, 2.05) is 0 Å². The molecule has 0 unspecified atom stereocenters. The van der Waals surface area contributed by atoms with Gasteiger partial charge in [-0.1, -0.05) is 11.6 Å². The quantitative estimate of drug-likeness (QED) is 0.632. The Kier molecular flexibility index (Phi) is 2.65. The smallest absolute Gasteiger partial charge is 0.337 e. The monoisotopic (exact) mass is 188 g/mol. The maximum Gasteiger partial charge on any atom is 0.337 e. The molecule has 0 N–H and O–H groups in total. The number of esters is 1.